The molecule has 1 aliphatic carbocycles. The van der Waals surface area contributed by atoms with E-state index in [0.29, 0.717) is 25.2 Å². The Kier molecular flexibility index (Phi) is 3.83. The van der Waals surface area contributed by atoms with E-state index >= 15 is 0 Å². The minimum atomic E-state index is -0.952. The van der Waals surface area contributed by atoms with E-state index in [1.807, 2.05) is 13.0 Å². The quantitative estimate of drug-likeness (QED) is 0.816. The maximum absolute atomic E-state index is 12.6. The average Bonchev–Trinajstić information content (AvgIpc) is 3.22. The van der Waals surface area contributed by atoms with E-state index in [1.165, 1.54) is 0 Å². The molecule has 1 aromatic heterocycles. The van der Waals surface area contributed by atoms with Gasteiger partial charge in [0.1, 0.15) is 11.9 Å². The summed E-state index contributed by atoms with van der Waals surface area (Å²) in [6.07, 6.45) is 1.70. The highest BCUT2D eigenvalue weighted by atomic mass is 16.4. The van der Waals surface area contributed by atoms with Crippen LogP contribution in [0.2, 0.25) is 0 Å². The second kappa shape index (κ2) is 5.68. The Labute approximate surface area is 133 Å². The molecule has 1 saturated carbocycles. The van der Waals surface area contributed by atoms with Gasteiger partial charge < -0.3 is 10.4 Å². The summed E-state index contributed by atoms with van der Waals surface area (Å²) < 4.78 is 1.65. The average molecular weight is 320 g/mol. The molecule has 0 aromatic carbocycles. The zero-order chi connectivity index (χ0) is 16.7. The molecule has 0 radical (unpaired) electrons. The van der Waals surface area contributed by atoms with Gasteiger partial charge in [-0.1, -0.05) is 0 Å². The van der Waals surface area contributed by atoms with Crippen molar-refractivity contribution in [2.24, 2.45) is 18.9 Å². The number of hydrogen-bond acceptors (Lipinski definition) is 4. The van der Waals surface area contributed by atoms with Gasteiger partial charge in [-0.25, -0.2) is 0 Å². The molecule has 0 spiro atoms. The van der Waals surface area contributed by atoms with Crippen LogP contribution in [0.5, 0.6) is 0 Å². The van der Waals surface area contributed by atoms with Crippen molar-refractivity contribution in [3.8, 4) is 0 Å². The number of carboxylic acids is 1. The first-order chi connectivity index (χ1) is 10.9. The number of amides is 2. The number of aliphatic carboxylic acids is 1. The molecular formula is C15H20N4O4. The topological polar surface area (TPSA) is 105 Å². The van der Waals surface area contributed by atoms with Gasteiger partial charge >= 0.3 is 5.97 Å². The number of carbonyl (C=O) groups is 3. The van der Waals surface area contributed by atoms with Crippen molar-refractivity contribution in [1.29, 1.82) is 0 Å². The molecule has 2 N–H and O–H groups in total. The zero-order valence-corrected chi connectivity index (χ0v) is 13.2. The van der Waals surface area contributed by atoms with Crippen molar-refractivity contribution in [2.75, 3.05) is 11.4 Å². The Morgan fingerprint density at radius 2 is 2.13 bits per heavy atom. The van der Waals surface area contributed by atoms with Gasteiger partial charge in [0.15, 0.2) is 0 Å². The molecule has 124 valence electrons. The number of carboxylic acid groups (broad SMARTS) is 1. The zero-order valence-electron chi connectivity index (χ0n) is 13.2. The fraction of sp³-hybridized carbons (Fsp3) is 0.600. The summed E-state index contributed by atoms with van der Waals surface area (Å²) in [5.74, 6) is -1.86. The van der Waals surface area contributed by atoms with E-state index in [2.05, 4.69) is 10.4 Å². The highest BCUT2D eigenvalue weighted by molar-refractivity contribution is 6.00. The predicted octanol–water partition coefficient (Wildman–Crippen LogP) is 0.0608. The van der Waals surface area contributed by atoms with Crippen LogP contribution in [-0.4, -0.2) is 45.3 Å². The van der Waals surface area contributed by atoms with Crippen LogP contribution >= 0.6 is 0 Å². The van der Waals surface area contributed by atoms with Gasteiger partial charge in [0.05, 0.1) is 17.5 Å². The number of nitrogens with one attached hydrogen (secondary N) is 1. The Balaban J connectivity index is 1.67. The van der Waals surface area contributed by atoms with Crippen LogP contribution in [0.15, 0.2) is 6.07 Å². The van der Waals surface area contributed by atoms with Crippen molar-refractivity contribution in [3.05, 3.63) is 11.8 Å². The summed E-state index contributed by atoms with van der Waals surface area (Å²) in [6, 6.07) is 1.24. The number of hydrogen-bond donors (Lipinski definition) is 2. The normalized spacial score (nSPS) is 27.0. The molecule has 1 aliphatic heterocycles. The third-order valence-corrected chi connectivity index (χ3v) is 4.45. The Morgan fingerprint density at radius 3 is 2.70 bits per heavy atom. The second-order valence-corrected chi connectivity index (χ2v) is 6.25. The van der Waals surface area contributed by atoms with Crippen LogP contribution in [0.3, 0.4) is 0 Å². The molecule has 2 fully saturated rings. The van der Waals surface area contributed by atoms with Crippen molar-refractivity contribution in [2.45, 2.75) is 32.2 Å². The first-order valence-electron chi connectivity index (χ1n) is 7.73. The summed E-state index contributed by atoms with van der Waals surface area (Å²) in [7, 11) is 1.78. The summed E-state index contributed by atoms with van der Waals surface area (Å²) in [5.41, 5.74) is 0.823. The summed E-state index contributed by atoms with van der Waals surface area (Å²) >= 11 is 0. The summed E-state index contributed by atoms with van der Waals surface area (Å²) in [5, 5.41) is 15.9. The van der Waals surface area contributed by atoms with Gasteiger partial charge in [-0.3, -0.25) is 24.0 Å². The Morgan fingerprint density at radius 1 is 1.39 bits per heavy atom. The van der Waals surface area contributed by atoms with Gasteiger partial charge in [0.2, 0.25) is 5.91 Å². The number of rotatable bonds is 4. The molecule has 3 atom stereocenters. The first kappa shape index (κ1) is 15.5. The molecule has 2 amide bonds. The third-order valence-electron chi connectivity index (χ3n) is 4.45. The van der Waals surface area contributed by atoms with Gasteiger partial charge in [-0.05, 0) is 26.2 Å². The van der Waals surface area contributed by atoms with Gasteiger partial charge in [0, 0.05) is 19.7 Å². The fourth-order valence-corrected chi connectivity index (χ4v) is 3.12. The number of carbonyl (C=O) groups excluding carboxylic acids is 2. The molecule has 8 nitrogen and oxygen atoms in total. The van der Waals surface area contributed by atoms with E-state index in [0.717, 1.165) is 12.1 Å². The predicted molar refractivity (Wildman–Crippen MR) is 80.7 cm³/mol. The molecule has 2 heterocycles. The number of piperidine rings is 1. The van der Waals surface area contributed by atoms with Crippen molar-refractivity contribution in [3.63, 3.8) is 0 Å². The van der Waals surface area contributed by atoms with Crippen LogP contribution in [0, 0.1) is 18.8 Å². The van der Waals surface area contributed by atoms with Crippen LogP contribution in [0.25, 0.3) is 0 Å². The molecule has 3 rings (SSSR count). The smallest absolute Gasteiger partial charge is 0.307 e. The van der Waals surface area contributed by atoms with Crippen molar-refractivity contribution in [1.82, 2.24) is 15.1 Å². The fourth-order valence-electron chi connectivity index (χ4n) is 3.12. The lowest BCUT2D eigenvalue weighted by Gasteiger charge is -2.32. The first-order valence-corrected chi connectivity index (χ1v) is 7.73. The minimum Gasteiger partial charge on any atom is -0.481 e. The molecule has 1 aromatic rings. The van der Waals surface area contributed by atoms with Gasteiger partial charge in [-0.2, -0.15) is 5.10 Å². The second-order valence-electron chi connectivity index (χ2n) is 6.25. The van der Waals surface area contributed by atoms with Crippen molar-refractivity contribution < 1.29 is 19.5 Å². The Hall–Kier alpha value is -2.38. The highest BCUT2D eigenvalue weighted by Crippen LogP contribution is 2.39. The van der Waals surface area contributed by atoms with E-state index < -0.39 is 23.8 Å². The van der Waals surface area contributed by atoms with E-state index in [4.69, 9.17) is 5.11 Å². The standard InChI is InChI=1S/C15H20N4O4/c1-8-6-12(18(2)17-8)19-5-3-4-11(14(19)21)16-13(20)9-7-10(9)15(22)23/h6,9-11H,3-5,7H2,1-2H3,(H,16,20)(H,22,23). The van der Waals surface area contributed by atoms with Crippen molar-refractivity contribution >= 4 is 23.6 Å². The number of nitrogens with zero attached hydrogens (tertiary/aromatic N) is 3. The summed E-state index contributed by atoms with van der Waals surface area (Å²) in [4.78, 5) is 37.2. The van der Waals surface area contributed by atoms with Crippen LogP contribution < -0.4 is 10.2 Å². The molecule has 2 aliphatic rings. The largest absolute Gasteiger partial charge is 0.481 e. The molecule has 8 heteroatoms. The minimum absolute atomic E-state index is 0.167. The van der Waals surface area contributed by atoms with Crippen LogP contribution in [-0.2, 0) is 21.4 Å². The lowest BCUT2D eigenvalue weighted by Crippen LogP contribution is -2.53. The van der Waals surface area contributed by atoms with E-state index in [-0.39, 0.29) is 11.8 Å². The molecular weight excluding hydrogens is 300 g/mol. The number of aromatic nitrogens is 2. The Bertz CT molecular complexity index is 668. The molecule has 1 saturated heterocycles. The maximum Gasteiger partial charge on any atom is 0.307 e. The van der Waals surface area contributed by atoms with Gasteiger partial charge in [0.25, 0.3) is 5.91 Å². The summed E-state index contributed by atoms with van der Waals surface area (Å²) in [6.45, 7) is 2.45. The lowest BCUT2D eigenvalue weighted by atomic mass is 10.0. The molecule has 23 heavy (non-hydrogen) atoms. The molecule has 0 bridgehead atoms. The van der Waals surface area contributed by atoms with E-state index in [1.54, 1.807) is 16.6 Å². The maximum atomic E-state index is 12.6. The molecule has 3 unspecified atom stereocenters. The number of aryl methyl sites for hydroxylation is 2. The van der Waals surface area contributed by atoms with Gasteiger partial charge in [-0.15, -0.1) is 0 Å². The SMILES string of the molecule is Cc1cc(N2CCCC(NC(=O)C3CC3C(=O)O)C2=O)n(C)n1. The lowest BCUT2D eigenvalue weighted by molar-refractivity contribution is -0.140. The highest BCUT2D eigenvalue weighted by Gasteiger charge is 2.49. The monoisotopic (exact) mass is 320 g/mol. The van der Waals surface area contributed by atoms with Crippen LogP contribution in [0.4, 0.5) is 5.82 Å². The third kappa shape index (κ3) is 2.93. The van der Waals surface area contributed by atoms with Crippen LogP contribution in [0.1, 0.15) is 25.0 Å². The van der Waals surface area contributed by atoms with E-state index in [9.17, 15) is 14.4 Å². The number of anilines is 1.